The molecule has 0 bridgehead atoms. The highest BCUT2D eigenvalue weighted by molar-refractivity contribution is 5.80. The fraction of sp³-hybridized carbons (Fsp3) is 0.273. The number of ether oxygens (including phenoxy) is 1. The van der Waals surface area contributed by atoms with Gasteiger partial charge in [0, 0.05) is 17.1 Å². The molecule has 86 valence electrons. The first kappa shape index (κ1) is 10.9. The van der Waals surface area contributed by atoms with Crippen LogP contribution in [0, 0.1) is 0 Å². The third kappa shape index (κ3) is 2.68. The molecule has 1 aromatic heterocycles. The number of halogens is 3. The minimum atomic E-state index is -4.17. The average Bonchev–Trinajstić information content (AvgIpc) is 2.62. The number of benzene rings is 1. The Bertz CT molecular complexity index is 475. The first-order valence-corrected chi connectivity index (χ1v) is 4.81. The van der Waals surface area contributed by atoms with E-state index in [0.717, 1.165) is 10.9 Å². The van der Waals surface area contributed by atoms with Gasteiger partial charge in [0.2, 0.25) is 0 Å². The third-order valence-corrected chi connectivity index (χ3v) is 2.18. The molecule has 16 heavy (non-hydrogen) atoms. The van der Waals surface area contributed by atoms with Gasteiger partial charge in [0.1, 0.15) is 5.75 Å². The van der Waals surface area contributed by atoms with Gasteiger partial charge in [0.15, 0.2) is 0 Å². The van der Waals surface area contributed by atoms with Gasteiger partial charge in [0.25, 0.3) is 0 Å². The van der Waals surface area contributed by atoms with E-state index in [4.69, 9.17) is 4.74 Å². The maximum absolute atomic E-state index is 11.9. The second kappa shape index (κ2) is 4.08. The van der Waals surface area contributed by atoms with E-state index in [2.05, 4.69) is 4.98 Å². The number of alkyl halides is 3. The molecule has 1 aromatic carbocycles. The van der Waals surface area contributed by atoms with E-state index in [-0.39, 0.29) is 6.61 Å². The maximum Gasteiger partial charge on any atom is 0.392 e. The van der Waals surface area contributed by atoms with Crippen molar-refractivity contribution in [2.75, 3.05) is 6.61 Å². The Morgan fingerprint density at radius 3 is 2.75 bits per heavy atom. The van der Waals surface area contributed by atoms with Gasteiger partial charge < -0.3 is 9.72 Å². The predicted octanol–water partition coefficient (Wildman–Crippen LogP) is 3.50. The lowest BCUT2D eigenvalue weighted by Gasteiger charge is -2.08. The Hall–Kier alpha value is -1.65. The smallest absolute Gasteiger partial charge is 0.392 e. The lowest BCUT2D eigenvalue weighted by molar-refractivity contribution is -0.139. The summed E-state index contributed by atoms with van der Waals surface area (Å²) in [4.78, 5) is 2.99. The van der Waals surface area contributed by atoms with Crippen molar-refractivity contribution in [3.63, 3.8) is 0 Å². The highest BCUT2D eigenvalue weighted by atomic mass is 19.4. The highest BCUT2D eigenvalue weighted by Crippen LogP contribution is 2.22. The Morgan fingerprint density at radius 1 is 1.19 bits per heavy atom. The van der Waals surface area contributed by atoms with Gasteiger partial charge >= 0.3 is 6.18 Å². The molecule has 2 rings (SSSR count). The molecule has 0 saturated heterocycles. The molecule has 0 aliphatic heterocycles. The molecule has 0 atom stereocenters. The summed E-state index contributed by atoms with van der Waals surface area (Å²) in [5.41, 5.74) is 0.933. The Kier molecular flexibility index (Phi) is 2.77. The van der Waals surface area contributed by atoms with Crippen LogP contribution in [-0.2, 0) is 0 Å². The SMILES string of the molecule is FC(F)(F)CCOc1ccc2[nH]ccc2c1. The molecule has 0 aliphatic rings. The molecule has 0 fully saturated rings. The van der Waals surface area contributed by atoms with Crippen molar-refractivity contribution in [2.45, 2.75) is 12.6 Å². The molecule has 0 spiro atoms. The number of rotatable bonds is 3. The van der Waals surface area contributed by atoms with Crippen LogP contribution in [0.15, 0.2) is 30.5 Å². The lowest BCUT2D eigenvalue weighted by atomic mass is 10.2. The fourth-order valence-corrected chi connectivity index (χ4v) is 1.41. The van der Waals surface area contributed by atoms with Gasteiger partial charge in [-0.3, -0.25) is 0 Å². The molecular weight excluding hydrogens is 219 g/mol. The minimum absolute atomic E-state index is 0.348. The van der Waals surface area contributed by atoms with Crippen LogP contribution >= 0.6 is 0 Å². The van der Waals surface area contributed by atoms with Crippen molar-refractivity contribution < 1.29 is 17.9 Å². The Balaban J connectivity index is 1.99. The molecule has 0 aliphatic carbocycles. The largest absolute Gasteiger partial charge is 0.493 e. The number of aromatic nitrogens is 1. The van der Waals surface area contributed by atoms with E-state index in [9.17, 15) is 13.2 Å². The molecule has 2 aromatic rings. The van der Waals surface area contributed by atoms with Crippen LogP contribution < -0.4 is 4.74 Å². The van der Waals surface area contributed by atoms with Crippen molar-refractivity contribution in [3.05, 3.63) is 30.5 Å². The van der Waals surface area contributed by atoms with Crippen molar-refractivity contribution in [1.82, 2.24) is 4.98 Å². The van der Waals surface area contributed by atoms with Crippen LogP contribution in [0.1, 0.15) is 6.42 Å². The van der Waals surface area contributed by atoms with Gasteiger partial charge in [-0.2, -0.15) is 13.2 Å². The van der Waals surface area contributed by atoms with E-state index < -0.39 is 12.6 Å². The summed E-state index contributed by atoms with van der Waals surface area (Å²) in [5, 5.41) is 0.921. The summed E-state index contributed by atoms with van der Waals surface area (Å²) in [6.07, 6.45) is -3.33. The number of nitrogens with one attached hydrogen (secondary N) is 1. The van der Waals surface area contributed by atoms with Gasteiger partial charge in [-0.25, -0.2) is 0 Å². The number of H-pyrrole nitrogens is 1. The molecule has 0 radical (unpaired) electrons. The maximum atomic E-state index is 11.9. The molecule has 0 saturated carbocycles. The summed E-state index contributed by atoms with van der Waals surface area (Å²) in [6.45, 7) is -0.348. The van der Waals surface area contributed by atoms with Crippen LogP contribution in [0.3, 0.4) is 0 Å². The second-order valence-electron chi connectivity index (χ2n) is 3.44. The third-order valence-electron chi connectivity index (χ3n) is 2.18. The monoisotopic (exact) mass is 229 g/mol. The molecular formula is C11H10F3NO. The van der Waals surface area contributed by atoms with E-state index in [1.54, 1.807) is 24.4 Å². The second-order valence-corrected chi connectivity index (χ2v) is 3.44. The van der Waals surface area contributed by atoms with E-state index >= 15 is 0 Å². The van der Waals surface area contributed by atoms with Gasteiger partial charge in [-0.15, -0.1) is 0 Å². The Labute approximate surface area is 90.0 Å². The van der Waals surface area contributed by atoms with Crippen molar-refractivity contribution in [1.29, 1.82) is 0 Å². The molecule has 0 unspecified atom stereocenters. The zero-order valence-corrected chi connectivity index (χ0v) is 8.34. The summed E-state index contributed by atoms with van der Waals surface area (Å²) in [6, 6.07) is 6.97. The van der Waals surface area contributed by atoms with E-state index in [1.807, 2.05) is 6.07 Å². The van der Waals surface area contributed by atoms with E-state index in [1.165, 1.54) is 0 Å². The van der Waals surface area contributed by atoms with Gasteiger partial charge in [-0.1, -0.05) is 0 Å². The Morgan fingerprint density at radius 2 is 2.00 bits per heavy atom. The number of aromatic amines is 1. The van der Waals surface area contributed by atoms with Crippen molar-refractivity contribution in [2.24, 2.45) is 0 Å². The lowest BCUT2D eigenvalue weighted by Crippen LogP contribution is -2.12. The van der Waals surface area contributed by atoms with Crippen LogP contribution in [0.2, 0.25) is 0 Å². The molecule has 2 nitrogen and oxygen atoms in total. The zero-order valence-electron chi connectivity index (χ0n) is 8.34. The summed E-state index contributed by atoms with van der Waals surface area (Å²) in [5.74, 6) is 0.455. The van der Waals surface area contributed by atoms with Crippen LogP contribution in [0.25, 0.3) is 10.9 Å². The summed E-state index contributed by atoms with van der Waals surface area (Å²) in [7, 11) is 0. The van der Waals surface area contributed by atoms with Crippen molar-refractivity contribution >= 4 is 10.9 Å². The first-order valence-electron chi connectivity index (χ1n) is 4.81. The van der Waals surface area contributed by atoms with Gasteiger partial charge in [-0.05, 0) is 24.3 Å². The highest BCUT2D eigenvalue weighted by Gasteiger charge is 2.26. The summed E-state index contributed by atoms with van der Waals surface area (Å²) >= 11 is 0. The number of hydrogen-bond donors (Lipinski definition) is 1. The molecule has 5 heteroatoms. The van der Waals surface area contributed by atoms with E-state index in [0.29, 0.717) is 5.75 Å². The number of hydrogen-bond acceptors (Lipinski definition) is 1. The predicted molar refractivity (Wildman–Crippen MR) is 54.5 cm³/mol. The molecule has 1 N–H and O–H groups in total. The summed E-state index contributed by atoms with van der Waals surface area (Å²) < 4.78 is 40.7. The standard InChI is InChI=1S/C11H10F3NO/c12-11(13,14)4-6-16-9-1-2-10-8(7-9)3-5-15-10/h1-3,5,7,15H,4,6H2. The average molecular weight is 229 g/mol. The minimum Gasteiger partial charge on any atom is -0.493 e. The topological polar surface area (TPSA) is 25.0 Å². The number of fused-ring (bicyclic) bond motifs is 1. The quantitative estimate of drug-likeness (QED) is 0.856. The van der Waals surface area contributed by atoms with Gasteiger partial charge in [0.05, 0.1) is 13.0 Å². The van der Waals surface area contributed by atoms with Crippen LogP contribution in [0.4, 0.5) is 13.2 Å². The van der Waals surface area contributed by atoms with Crippen LogP contribution in [-0.4, -0.2) is 17.8 Å². The fourth-order valence-electron chi connectivity index (χ4n) is 1.41. The molecule has 1 heterocycles. The van der Waals surface area contributed by atoms with Crippen LogP contribution in [0.5, 0.6) is 5.75 Å². The zero-order chi connectivity index (χ0) is 11.6. The van der Waals surface area contributed by atoms with Crippen molar-refractivity contribution in [3.8, 4) is 5.75 Å². The molecule has 0 amide bonds. The normalized spacial score (nSPS) is 11.9. The first-order chi connectivity index (χ1) is 7.54.